The Hall–Kier alpha value is -1.29. The van der Waals surface area contributed by atoms with Gasteiger partial charge >= 0.3 is 5.97 Å². The second-order valence-electron chi connectivity index (χ2n) is 3.21. The summed E-state index contributed by atoms with van der Waals surface area (Å²) >= 11 is 0. The van der Waals surface area contributed by atoms with Crippen molar-refractivity contribution < 1.29 is 19.4 Å². The summed E-state index contributed by atoms with van der Waals surface area (Å²) in [5, 5.41) is 18.6. The SMILES string of the molecule is CCC(O)(CC)c1ccc(C(=O)O)o1. The molecule has 0 atom stereocenters. The summed E-state index contributed by atoms with van der Waals surface area (Å²) in [5.74, 6) is -0.939. The van der Waals surface area contributed by atoms with E-state index in [1.165, 1.54) is 12.1 Å². The summed E-state index contributed by atoms with van der Waals surface area (Å²) in [6.45, 7) is 3.65. The van der Waals surface area contributed by atoms with Crippen LogP contribution in [-0.2, 0) is 5.60 Å². The Morgan fingerprint density at radius 3 is 2.36 bits per heavy atom. The molecule has 0 bridgehead atoms. The van der Waals surface area contributed by atoms with E-state index in [1.807, 2.05) is 13.8 Å². The van der Waals surface area contributed by atoms with Gasteiger partial charge in [0.05, 0.1) is 0 Å². The molecule has 1 heterocycles. The van der Waals surface area contributed by atoms with E-state index in [2.05, 4.69) is 0 Å². The van der Waals surface area contributed by atoms with Crippen LogP contribution in [0.25, 0.3) is 0 Å². The lowest BCUT2D eigenvalue weighted by Crippen LogP contribution is -2.22. The molecule has 0 aliphatic heterocycles. The number of carbonyl (C=O) groups is 1. The minimum Gasteiger partial charge on any atom is -0.475 e. The monoisotopic (exact) mass is 198 g/mol. The molecule has 0 amide bonds. The first-order valence-electron chi connectivity index (χ1n) is 4.59. The maximum Gasteiger partial charge on any atom is 0.371 e. The van der Waals surface area contributed by atoms with Gasteiger partial charge in [-0.3, -0.25) is 0 Å². The minimum atomic E-state index is -1.12. The Morgan fingerprint density at radius 1 is 1.43 bits per heavy atom. The summed E-state index contributed by atoms with van der Waals surface area (Å²) < 4.78 is 5.04. The van der Waals surface area contributed by atoms with Crippen molar-refractivity contribution in [3.8, 4) is 0 Å². The van der Waals surface area contributed by atoms with E-state index in [0.717, 1.165) is 0 Å². The molecular weight excluding hydrogens is 184 g/mol. The first-order valence-corrected chi connectivity index (χ1v) is 4.59. The summed E-state index contributed by atoms with van der Waals surface area (Å²) in [6, 6.07) is 2.87. The topological polar surface area (TPSA) is 70.7 Å². The number of carboxylic acid groups (broad SMARTS) is 1. The fourth-order valence-electron chi connectivity index (χ4n) is 1.30. The highest BCUT2D eigenvalue weighted by Crippen LogP contribution is 2.29. The minimum absolute atomic E-state index is 0.139. The van der Waals surface area contributed by atoms with Crippen molar-refractivity contribution in [1.29, 1.82) is 0 Å². The van der Waals surface area contributed by atoms with Gasteiger partial charge in [0.1, 0.15) is 11.4 Å². The number of aliphatic hydroxyl groups is 1. The number of furan rings is 1. The number of hydrogen-bond donors (Lipinski definition) is 2. The zero-order valence-corrected chi connectivity index (χ0v) is 8.28. The summed E-state index contributed by atoms with van der Waals surface area (Å²) in [6.07, 6.45) is 0.992. The highest BCUT2D eigenvalue weighted by atomic mass is 16.4. The van der Waals surface area contributed by atoms with Crippen LogP contribution >= 0.6 is 0 Å². The van der Waals surface area contributed by atoms with Gasteiger partial charge < -0.3 is 14.6 Å². The van der Waals surface area contributed by atoms with Crippen LogP contribution in [-0.4, -0.2) is 16.2 Å². The summed E-state index contributed by atoms with van der Waals surface area (Å²) in [4.78, 5) is 10.5. The van der Waals surface area contributed by atoms with Crippen LogP contribution in [0.15, 0.2) is 16.5 Å². The first kappa shape index (κ1) is 10.8. The zero-order valence-electron chi connectivity index (χ0n) is 8.28. The van der Waals surface area contributed by atoms with Gasteiger partial charge in [0.25, 0.3) is 0 Å². The molecule has 4 nitrogen and oxygen atoms in total. The predicted molar refractivity (Wildman–Crippen MR) is 50.1 cm³/mol. The third-order valence-electron chi connectivity index (χ3n) is 2.45. The smallest absolute Gasteiger partial charge is 0.371 e. The molecule has 14 heavy (non-hydrogen) atoms. The highest BCUT2D eigenvalue weighted by molar-refractivity contribution is 5.84. The summed E-state index contributed by atoms with van der Waals surface area (Å²) in [7, 11) is 0. The van der Waals surface area contributed by atoms with Gasteiger partial charge in [-0.15, -0.1) is 0 Å². The van der Waals surface area contributed by atoms with Crippen molar-refractivity contribution in [2.75, 3.05) is 0 Å². The molecule has 0 aliphatic rings. The highest BCUT2D eigenvalue weighted by Gasteiger charge is 2.29. The van der Waals surface area contributed by atoms with E-state index in [-0.39, 0.29) is 5.76 Å². The molecule has 0 fully saturated rings. The van der Waals surface area contributed by atoms with Gasteiger partial charge in [-0.25, -0.2) is 4.79 Å². The molecule has 0 unspecified atom stereocenters. The van der Waals surface area contributed by atoms with Crippen molar-refractivity contribution in [2.45, 2.75) is 32.3 Å². The van der Waals surface area contributed by atoms with Gasteiger partial charge in [0, 0.05) is 0 Å². The molecule has 1 aromatic heterocycles. The number of rotatable bonds is 4. The second-order valence-corrected chi connectivity index (χ2v) is 3.21. The molecule has 0 aromatic carbocycles. The van der Waals surface area contributed by atoms with Crippen LogP contribution in [0.1, 0.15) is 43.0 Å². The molecule has 0 spiro atoms. The Kier molecular flexibility index (Phi) is 2.96. The molecule has 0 saturated carbocycles. The molecule has 0 aliphatic carbocycles. The van der Waals surface area contributed by atoms with E-state index in [0.29, 0.717) is 18.6 Å². The molecule has 4 heteroatoms. The Labute approximate surface area is 82.2 Å². The lowest BCUT2D eigenvalue weighted by Gasteiger charge is -2.21. The average molecular weight is 198 g/mol. The standard InChI is InChI=1S/C10H14O4/c1-3-10(13,4-2)8-6-5-7(14-8)9(11)12/h5-6,13H,3-4H2,1-2H3,(H,11,12). The molecule has 0 saturated heterocycles. The largest absolute Gasteiger partial charge is 0.475 e. The van der Waals surface area contributed by atoms with Crippen LogP contribution in [0.5, 0.6) is 0 Å². The van der Waals surface area contributed by atoms with Crippen molar-refractivity contribution >= 4 is 5.97 Å². The maximum atomic E-state index is 10.5. The molecule has 78 valence electrons. The van der Waals surface area contributed by atoms with Crippen LogP contribution in [0, 0.1) is 0 Å². The van der Waals surface area contributed by atoms with E-state index in [4.69, 9.17) is 9.52 Å². The van der Waals surface area contributed by atoms with Crippen LogP contribution in [0.4, 0.5) is 0 Å². The van der Waals surface area contributed by atoms with Gasteiger partial charge in [0.15, 0.2) is 0 Å². The molecule has 0 radical (unpaired) electrons. The number of carboxylic acids is 1. The Morgan fingerprint density at radius 2 is 2.00 bits per heavy atom. The van der Waals surface area contributed by atoms with Crippen molar-refractivity contribution in [2.24, 2.45) is 0 Å². The van der Waals surface area contributed by atoms with E-state index in [1.54, 1.807) is 0 Å². The van der Waals surface area contributed by atoms with Crippen LogP contribution in [0.3, 0.4) is 0 Å². The number of aromatic carboxylic acids is 1. The molecular formula is C10H14O4. The Bertz CT molecular complexity index is 323. The summed E-state index contributed by atoms with van der Waals surface area (Å²) in [5.41, 5.74) is -1.05. The maximum absolute atomic E-state index is 10.5. The third kappa shape index (κ3) is 1.80. The first-order chi connectivity index (χ1) is 6.53. The van der Waals surface area contributed by atoms with E-state index >= 15 is 0 Å². The second kappa shape index (κ2) is 3.84. The van der Waals surface area contributed by atoms with E-state index < -0.39 is 11.6 Å². The van der Waals surface area contributed by atoms with Crippen LogP contribution in [0.2, 0.25) is 0 Å². The molecule has 2 N–H and O–H groups in total. The van der Waals surface area contributed by atoms with Gasteiger partial charge in [-0.1, -0.05) is 13.8 Å². The van der Waals surface area contributed by atoms with Crippen molar-refractivity contribution in [1.82, 2.24) is 0 Å². The quantitative estimate of drug-likeness (QED) is 0.776. The lowest BCUT2D eigenvalue weighted by molar-refractivity contribution is 0.00547. The normalized spacial score (nSPS) is 11.6. The fraction of sp³-hybridized carbons (Fsp3) is 0.500. The predicted octanol–water partition coefficient (Wildman–Crippen LogP) is 1.99. The zero-order chi connectivity index (χ0) is 10.8. The van der Waals surface area contributed by atoms with Gasteiger partial charge in [0.2, 0.25) is 5.76 Å². The molecule has 1 aromatic rings. The van der Waals surface area contributed by atoms with Gasteiger partial charge in [-0.2, -0.15) is 0 Å². The Balaban J connectivity index is 3.01. The number of hydrogen-bond acceptors (Lipinski definition) is 3. The van der Waals surface area contributed by atoms with Crippen molar-refractivity contribution in [3.05, 3.63) is 23.7 Å². The van der Waals surface area contributed by atoms with Crippen LogP contribution < -0.4 is 0 Å². The molecule has 1 rings (SSSR count). The fourth-order valence-corrected chi connectivity index (χ4v) is 1.30. The average Bonchev–Trinajstić information content (AvgIpc) is 2.66. The third-order valence-corrected chi connectivity index (χ3v) is 2.45. The van der Waals surface area contributed by atoms with Gasteiger partial charge in [-0.05, 0) is 25.0 Å². The van der Waals surface area contributed by atoms with E-state index in [9.17, 15) is 9.90 Å². The lowest BCUT2D eigenvalue weighted by atomic mass is 9.95. The van der Waals surface area contributed by atoms with Crippen molar-refractivity contribution in [3.63, 3.8) is 0 Å².